The van der Waals surface area contributed by atoms with Crippen molar-refractivity contribution in [2.45, 2.75) is 6.04 Å². The van der Waals surface area contributed by atoms with E-state index in [0.29, 0.717) is 39.1 Å². The number of carbonyl (C=O) groups is 1. The maximum atomic E-state index is 12.9. The SMILES string of the molecule is COc1cc(OC)c(/C=C/S(=O)(=O)Nc2ccc(OC)c(NC(C(=O)O)c3ccc(Cl)cc3)c2)c(OC)c1. The number of sulfonamides is 1. The lowest BCUT2D eigenvalue weighted by Gasteiger charge is -2.19. The summed E-state index contributed by atoms with van der Waals surface area (Å²) in [7, 11) is 1.78. The molecule has 0 aromatic heterocycles. The monoisotopic (exact) mass is 562 g/mol. The van der Waals surface area contributed by atoms with Crippen molar-refractivity contribution in [2.75, 3.05) is 38.5 Å². The minimum Gasteiger partial charge on any atom is -0.496 e. The van der Waals surface area contributed by atoms with Gasteiger partial charge >= 0.3 is 5.97 Å². The van der Waals surface area contributed by atoms with Crippen LogP contribution in [0.2, 0.25) is 5.02 Å². The van der Waals surface area contributed by atoms with Crippen LogP contribution in [0.5, 0.6) is 23.0 Å². The summed E-state index contributed by atoms with van der Waals surface area (Å²) in [5, 5.41) is 14.1. The Morgan fingerprint density at radius 3 is 2.03 bits per heavy atom. The number of carboxylic acids is 1. The molecule has 202 valence electrons. The molecule has 1 unspecified atom stereocenters. The fraction of sp³-hybridized carbons (Fsp3) is 0.192. The van der Waals surface area contributed by atoms with Crippen molar-refractivity contribution in [3.05, 3.63) is 76.2 Å². The molecule has 0 radical (unpaired) electrons. The van der Waals surface area contributed by atoms with Crippen LogP contribution in [0.25, 0.3) is 6.08 Å². The topological polar surface area (TPSA) is 132 Å². The van der Waals surface area contributed by atoms with E-state index in [0.717, 1.165) is 5.41 Å². The molecule has 0 spiro atoms. The molecule has 1 atom stereocenters. The van der Waals surface area contributed by atoms with Gasteiger partial charge in [0.25, 0.3) is 10.0 Å². The predicted octanol–water partition coefficient (Wildman–Crippen LogP) is 5.02. The molecule has 3 rings (SSSR count). The van der Waals surface area contributed by atoms with Crippen LogP contribution in [0.3, 0.4) is 0 Å². The van der Waals surface area contributed by atoms with Gasteiger partial charge in [0, 0.05) is 17.2 Å². The van der Waals surface area contributed by atoms with Crippen molar-refractivity contribution in [1.82, 2.24) is 0 Å². The van der Waals surface area contributed by atoms with Crippen LogP contribution < -0.4 is 29.0 Å². The molecule has 0 bridgehead atoms. The van der Waals surface area contributed by atoms with Crippen molar-refractivity contribution in [3.8, 4) is 23.0 Å². The normalized spacial score (nSPS) is 12.0. The van der Waals surface area contributed by atoms with Gasteiger partial charge in [-0.3, -0.25) is 4.72 Å². The highest BCUT2D eigenvalue weighted by Crippen LogP contribution is 2.36. The molecule has 0 aliphatic rings. The Bertz CT molecular complexity index is 1400. The van der Waals surface area contributed by atoms with E-state index in [1.54, 1.807) is 36.4 Å². The number of hydrogen-bond acceptors (Lipinski definition) is 8. The van der Waals surface area contributed by atoms with Crippen LogP contribution >= 0.6 is 11.6 Å². The molecule has 10 nitrogen and oxygen atoms in total. The van der Waals surface area contributed by atoms with Gasteiger partial charge in [-0.15, -0.1) is 0 Å². The number of methoxy groups -OCH3 is 4. The summed E-state index contributed by atoms with van der Waals surface area (Å²) in [5.41, 5.74) is 1.27. The number of halogens is 1. The molecule has 0 heterocycles. The van der Waals surface area contributed by atoms with E-state index in [4.69, 9.17) is 30.5 Å². The number of nitrogens with one attached hydrogen (secondary N) is 2. The summed E-state index contributed by atoms with van der Waals surface area (Å²) in [4.78, 5) is 12.0. The van der Waals surface area contributed by atoms with E-state index in [2.05, 4.69) is 10.0 Å². The van der Waals surface area contributed by atoms with E-state index in [-0.39, 0.29) is 11.4 Å². The number of rotatable bonds is 12. The Morgan fingerprint density at radius 1 is 0.895 bits per heavy atom. The van der Waals surface area contributed by atoms with Gasteiger partial charge in [0.2, 0.25) is 0 Å². The van der Waals surface area contributed by atoms with Crippen LogP contribution in [-0.4, -0.2) is 47.9 Å². The second-order valence-electron chi connectivity index (χ2n) is 7.78. The van der Waals surface area contributed by atoms with E-state index in [1.165, 1.54) is 52.7 Å². The lowest BCUT2D eigenvalue weighted by molar-refractivity contribution is -0.138. The van der Waals surface area contributed by atoms with E-state index in [9.17, 15) is 18.3 Å². The first-order valence-electron chi connectivity index (χ1n) is 11.0. The molecule has 0 fully saturated rings. The van der Waals surface area contributed by atoms with Gasteiger partial charge in [-0.2, -0.15) is 0 Å². The Morgan fingerprint density at radius 2 is 1.50 bits per heavy atom. The third kappa shape index (κ3) is 7.02. The van der Waals surface area contributed by atoms with Crippen LogP contribution in [0, 0.1) is 0 Å². The van der Waals surface area contributed by atoms with Crippen molar-refractivity contribution < 1.29 is 37.3 Å². The maximum Gasteiger partial charge on any atom is 0.330 e. The van der Waals surface area contributed by atoms with Gasteiger partial charge in [0.05, 0.1) is 50.8 Å². The summed E-state index contributed by atoms with van der Waals surface area (Å²) < 4.78 is 49.5. The molecule has 0 aliphatic heterocycles. The number of hydrogen-bond donors (Lipinski definition) is 3. The Hall–Kier alpha value is -4.09. The fourth-order valence-electron chi connectivity index (χ4n) is 3.54. The maximum absolute atomic E-state index is 12.9. The molecule has 0 saturated carbocycles. The number of anilines is 2. The zero-order valence-corrected chi connectivity index (χ0v) is 22.6. The number of aliphatic carboxylic acids is 1. The van der Waals surface area contributed by atoms with Crippen molar-refractivity contribution in [3.63, 3.8) is 0 Å². The minimum absolute atomic E-state index is 0.173. The average molecular weight is 563 g/mol. The molecular formula is C26H27ClN2O8S. The van der Waals surface area contributed by atoms with Crippen LogP contribution in [0.15, 0.2) is 60.0 Å². The Balaban J connectivity index is 1.90. The largest absolute Gasteiger partial charge is 0.496 e. The van der Waals surface area contributed by atoms with Gasteiger partial charge in [-0.1, -0.05) is 23.7 Å². The number of carboxylic acid groups (broad SMARTS) is 1. The zero-order valence-electron chi connectivity index (χ0n) is 21.0. The lowest BCUT2D eigenvalue weighted by atomic mass is 10.1. The summed E-state index contributed by atoms with van der Waals surface area (Å²) in [6, 6.07) is 12.8. The van der Waals surface area contributed by atoms with E-state index < -0.39 is 22.0 Å². The Labute approximate surface area is 225 Å². The highest BCUT2D eigenvalue weighted by molar-refractivity contribution is 7.95. The van der Waals surface area contributed by atoms with E-state index in [1.807, 2.05) is 0 Å². The first-order chi connectivity index (χ1) is 18.1. The molecule has 38 heavy (non-hydrogen) atoms. The Kier molecular flexibility index (Phi) is 9.32. The second kappa shape index (κ2) is 12.4. The predicted molar refractivity (Wildman–Crippen MR) is 146 cm³/mol. The molecule has 3 N–H and O–H groups in total. The molecule has 12 heteroatoms. The number of ether oxygens (including phenoxy) is 4. The highest BCUT2D eigenvalue weighted by atomic mass is 35.5. The first-order valence-corrected chi connectivity index (χ1v) is 13.0. The first kappa shape index (κ1) is 28.5. The summed E-state index contributed by atoms with van der Waals surface area (Å²) >= 11 is 5.92. The summed E-state index contributed by atoms with van der Waals surface area (Å²) in [6.07, 6.45) is 1.34. The average Bonchev–Trinajstić information content (AvgIpc) is 2.90. The van der Waals surface area contributed by atoms with Crippen molar-refractivity contribution in [2.24, 2.45) is 0 Å². The van der Waals surface area contributed by atoms with Gasteiger partial charge in [-0.25, -0.2) is 13.2 Å². The third-order valence-corrected chi connectivity index (χ3v) is 6.64. The second-order valence-corrected chi connectivity index (χ2v) is 9.78. The molecule has 3 aromatic carbocycles. The van der Waals surface area contributed by atoms with E-state index >= 15 is 0 Å². The third-order valence-electron chi connectivity index (χ3n) is 5.38. The molecule has 0 aliphatic carbocycles. The van der Waals surface area contributed by atoms with Gasteiger partial charge in [0.1, 0.15) is 23.0 Å². The van der Waals surface area contributed by atoms with Crippen LogP contribution in [0.1, 0.15) is 17.2 Å². The van der Waals surface area contributed by atoms with Gasteiger partial charge in [-0.05, 0) is 42.0 Å². The van der Waals surface area contributed by atoms with Gasteiger partial charge in [0.15, 0.2) is 6.04 Å². The quantitative estimate of drug-likeness (QED) is 0.278. The summed E-state index contributed by atoms with van der Waals surface area (Å²) in [5.74, 6) is 0.353. The molecular weight excluding hydrogens is 536 g/mol. The van der Waals surface area contributed by atoms with Gasteiger partial charge < -0.3 is 29.4 Å². The minimum atomic E-state index is -4.01. The summed E-state index contributed by atoms with van der Waals surface area (Å²) in [6.45, 7) is 0. The molecule has 0 amide bonds. The fourth-order valence-corrected chi connectivity index (χ4v) is 4.50. The highest BCUT2D eigenvalue weighted by Gasteiger charge is 2.22. The zero-order chi connectivity index (χ0) is 27.9. The van der Waals surface area contributed by atoms with Crippen molar-refractivity contribution in [1.29, 1.82) is 0 Å². The molecule has 3 aromatic rings. The standard InChI is InChI=1S/C26H27ClN2O8S/c1-34-19-14-23(36-3)20(24(15-19)37-4)11-12-38(32,33)29-18-9-10-22(35-2)21(13-18)28-25(26(30)31)16-5-7-17(27)8-6-16/h5-15,25,28-29H,1-4H3,(H,30,31)/b12-11+. The molecule has 0 saturated heterocycles. The van der Waals surface area contributed by atoms with Crippen molar-refractivity contribution >= 4 is 45.0 Å². The number of benzene rings is 3. The smallest absolute Gasteiger partial charge is 0.330 e. The lowest BCUT2D eigenvalue weighted by Crippen LogP contribution is -2.21. The van der Waals surface area contributed by atoms with Crippen LogP contribution in [0.4, 0.5) is 11.4 Å². The van der Waals surface area contributed by atoms with Crippen LogP contribution in [-0.2, 0) is 14.8 Å².